The van der Waals surface area contributed by atoms with Gasteiger partial charge in [-0.2, -0.15) is 0 Å². The van der Waals surface area contributed by atoms with Gasteiger partial charge in [0.1, 0.15) is 11.3 Å². The molecule has 1 unspecified atom stereocenters. The molecule has 0 saturated heterocycles. The Bertz CT molecular complexity index is 1230. The minimum atomic E-state index is -1.17. The molecule has 0 spiro atoms. The zero-order valence-corrected chi connectivity index (χ0v) is 20.7. The Morgan fingerprint density at radius 2 is 1.88 bits per heavy atom. The average Bonchev–Trinajstić information content (AvgIpc) is 3.37. The Morgan fingerprint density at radius 3 is 2.56 bits per heavy atom. The van der Waals surface area contributed by atoms with Gasteiger partial charge in [-0.1, -0.05) is 48.0 Å². The lowest BCUT2D eigenvalue weighted by Gasteiger charge is -2.44. The van der Waals surface area contributed by atoms with Crippen molar-refractivity contribution in [1.82, 2.24) is 4.90 Å². The molecule has 0 N–H and O–H groups in total. The van der Waals surface area contributed by atoms with Crippen LogP contribution >= 0.6 is 22.9 Å². The molecule has 1 heterocycles. The number of carbonyl (C=O) groups is 2. The van der Waals surface area contributed by atoms with Crippen molar-refractivity contribution in [2.75, 3.05) is 14.2 Å². The third-order valence-electron chi connectivity index (χ3n) is 6.27. The maximum Gasteiger partial charge on any atom is 0.247 e. The number of halogens is 1. The molecule has 0 bridgehead atoms. The normalized spacial score (nSPS) is 19.5. The largest absolute Gasteiger partial charge is 0.497 e. The lowest BCUT2D eigenvalue weighted by molar-refractivity contribution is -0.142. The van der Waals surface area contributed by atoms with Crippen LogP contribution < -0.4 is 4.74 Å². The van der Waals surface area contributed by atoms with E-state index in [0.29, 0.717) is 29.0 Å². The summed E-state index contributed by atoms with van der Waals surface area (Å²) in [5.41, 5.74) is 1.07. The van der Waals surface area contributed by atoms with Crippen molar-refractivity contribution in [3.8, 4) is 5.75 Å². The van der Waals surface area contributed by atoms with Crippen LogP contribution in [0.4, 0.5) is 0 Å². The van der Waals surface area contributed by atoms with Crippen LogP contribution in [0.25, 0.3) is 12.2 Å². The van der Waals surface area contributed by atoms with E-state index in [1.165, 1.54) is 6.08 Å². The van der Waals surface area contributed by atoms with Gasteiger partial charge in [0.25, 0.3) is 0 Å². The third-order valence-corrected chi connectivity index (χ3v) is 7.42. The van der Waals surface area contributed by atoms with E-state index >= 15 is 0 Å². The summed E-state index contributed by atoms with van der Waals surface area (Å²) in [6, 6.07) is 18.7. The second-order valence-corrected chi connectivity index (χ2v) is 9.60. The number of Topliss-reactive ketones (excluding diaryl/α,β-unsaturated/α-hetero) is 1. The van der Waals surface area contributed by atoms with Crippen LogP contribution in [0.15, 0.2) is 77.7 Å². The molecule has 4 rings (SSSR count). The Kier molecular flexibility index (Phi) is 7.35. The number of benzene rings is 2. The van der Waals surface area contributed by atoms with E-state index in [4.69, 9.17) is 16.3 Å². The fourth-order valence-corrected chi connectivity index (χ4v) is 5.42. The average molecular weight is 492 g/mol. The first-order chi connectivity index (χ1) is 16.5. The summed E-state index contributed by atoms with van der Waals surface area (Å²) in [5, 5.41) is 2.47. The van der Waals surface area contributed by atoms with Crippen molar-refractivity contribution < 1.29 is 14.3 Å². The second-order valence-electron chi connectivity index (χ2n) is 8.21. The van der Waals surface area contributed by atoms with Crippen LogP contribution in [0.5, 0.6) is 5.75 Å². The molecule has 4 nitrogen and oxygen atoms in total. The highest BCUT2D eigenvalue weighted by Crippen LogP contribution is 2.44. The van der Waals surface area contributed by atoms with Crippen molar-refractivity contribution in [1.29, 1.82) is 0 Å². The molecule has 0 radical (unpaired) electrons. The summed E-state index contributed by atoms with van der Waals surface area (Å²) in [7, 11) is 3.30. The van der Waals surface area contributed by atoms with Gasteiger partial charge in [0.05, 0.1) is 7.11 Å². The molecule has 2 aromatic carbocycles. The van der Waals surface area contributed by atoms with Crippen molar-refractivity contribution in [3.05, 3.63) is 98.7 Å². The first-order valence-corrected chi connectivity index (χ1v) is 12.4. The van der Waals surface area contributed by atoms with Crippen LogP contribution in [0.1, 0.15) is 35.3 Å². The van der Waals surface area contributed by atoms with Crippen molar-refractivity contribution >= 4 is 46.8 Å². The maximum absolute atomic E-state index is 14.1. The van der Waals surface area contributed by atoms with Gasteiger partial charge in [-0.05, 0) is 72.2 Å². The van der Waals surface area contributed by atoms with E-state index in [9.17, 15) is 9.59 Å². The molecule has 174 valence electrons. The fourth-order valence-electron chi connectivity index (χ4n) is 4.45. The molecular weight excluding hydrogens is 466 g/mol. The summed E-state index contributed by atoms with van der Waals surface area (Å²) < 4.78 is 5.19. The van der Waals surface area contributed by atoms with E-state index in [1.54, 1.807) is 42.5 Å². The van der Waals surface area contributed by atoms with E-state index in [2.05, 4.69) is 0 Å². The van der Waals surface area contributed by atoms with Gasteiger partial charge in [-0.15, -0.1) is 11.3 Å². The number of hydrogen-bond donors (Lipinski definition) is 0. The first kappa shape index (κ1) is 24.0. The number of rotatable bonds is 6. The zero-order chi connectivity index (χ0) is 24.1. The molecule has 0 aliphatic heterocycles. The quantitative estimate of drug-likeness (QED) is 0.364. The van der Waals surface area contributed by atoms with Crippen LogP contribution in [0.3, 0.4) is 0 Å². The van der Waals surface area contributed by atoms with Gasteiger partial charge in [-0.3, -0.25) is 9.59 Å². The Labute approximate surface area is 209 Å². The number of nitrogens with zero attached hydrogens (tertiary/aromatic N) is 1. The minimum Gasteiger partial charge on any atom is -0.497 e. The highest BCUT2D eigenvalue weighted by molar-refractivity contribution is 7.10. The summed E-state index contributed by atoms with van der Waals surface area (Å²) in [6.07, 6.45) is 7.15. The van der Waals surface area contributed by atoms with Crippen LogP contribution in [-0.4, -0.2) is 30.7 Å². The summed E-state index contributed by atoms with van der Waals surface area (Å²) in [5.74, 6) is 0.409. The highest BCUT2D eigenvalue weighted by atomic mass is 35.5. The topological polar surface area (TPSA) is 46.6 Å². The highest BCUT2D eigenvalue weighted by Gasteiger charge is 2.49. The van der Waals surface area contributed by atoms with Crippen molar-refractivity contribution in [2.24, 2.45) is 0 Å². The molecule has 1 aliphatic rings. The number of hydrogen-bond acceptors (Lipinski definition) is 4. The standard InChI is InChI=1S/C28H26ClNO3S/c1-30(26(31)16-13-20-11-14-22(33-2)15-12-20)28(24-9-3-4-10-25(24)29)17-5-7-21(27(28)32)19-23-8-6-18-34-23/h3-4,6,8-16,18-19H,5,7,17H2,1-2H3. The van der Waals surface area contributed by atoms with Gasteiger partial charge in [0, 0.05) is 28.6 Å². The molecule has 1 atom stereocenters. The summed E-state index contributed by atoms with van der Waals surface area (Å²) in [6.45, 7) is 0. The summed E-state index contributed by atoms with van der Waals surface area (Å²) >= 11 is 8.20. The molecule has 1 amide bonds. The molecule has 3 aromatic rings. The Hall–Kier alpha value is -3.15. The number of ether oxygens (including phenoxy) is 1. The molecule has 34 heavy (non-hydrogen) atoms. The van der Waals surface area contributed by atoms with Gasteiger partial charge in [0.2, 0.25) is 5.91 Å². The number of carbonyl (C=O) groups excluding carboxylic acids is 2. The molecule has 1 saturated carbocycles. The third kappa shape index (κ3) is 4.72. The first-order valence-electron chi connectivity index (χ1n) is 11.1. The lowest BCUT2D eigenvalue weighted by atomic mass is 9.72. The number of amides is 1. The zero-order valence-electron chi connectivity index (χ0n) is 19.2. The molecule has 1 fully saturated rings. The predicted octanol–water partition coefficient (Wildman–Crippen LogP) is 6.61. The van der Waals surface area contributed by atoms with Gasteiger partial charge in [-0.25, -0.2) is 0 Å². The summed E-state index contributed by atoms with van der Waals surface area (Å²) in [4.78, 5) is 30.0. The maximum atomic E-state index is 14.1. The second kappa shape index (κ2) is 10.4. The minimum absolute atomic E-state index is 0.0750. The van der Waals surface area contributed by atoms with E-state index < -0.39 is 5.54 Å². The number of ketones is 1. The van der Waals surface area contributed by atoms with E-state index in [-0.39, 0.29) is 11.7 Å². The molecule has 1 aliphatic carbocycles. The Balaban J connectivity index is 1.72. The number of likely N-dealkylation sites (N-methyl/N-ethyl adjacent to an activating group) is 1. The van der Waals surface area contributed by atoms with Crippen LogP contribution in [-0.2, 0) is 15.1 Å². The van der Waals surface area contributed by atoms with Gasteiger partial charge in [0.15, 0.2) is 5.78 Å². The SMILES string of the molecule is COc1ccc(C=CC(=O)N(C)C2(c3ccccc3Cl)CCCC(=Cc3cccs3)C2=O)cc1. The van der Waals surface area contributed by atoms with Crippen LogP contribution in [0.2, 0.25) is 5.02 Å². The number of methoxy groups -OCH3 is 1. The lowest BCUT2D eigenvalue weighted by Crippen LogP contribution is -2.54. The van der Waals surface area contributed by atoms with E-state index in [1.807, 2.05) is 66.1 Å². The Morgan fingerprint density at radius 1 is 1.12 bits per heavy atom. The molecule has 6 heteroatoms. The number of thiophene rings is 1. The van der Waals surface area contributed by atoms with Crippen molar-refractivity contribution in [2.45, 2.75) is 24.8 Å². The van der Waals surface area contributed by atoms with Gasteiger partial charge >= 0.3 is 0 Å². The molecular formula is C28H26ClNO3S. The fraction of sp³-hybridized carbons (Fsp3) is 0.214. The predicted molar refractivity (Wildman–Crippen MR) is 139 cm³/mol. The monoisotopic (exact) mass is 491 g/mol. The smallest absolute Gasteiger partial charge is 0.247 e. The van der Waals surface area contributed by atoms with Crippen molar-refractivity contribution in [3.63, 3.8) is 0 Å². The van der Waals surface area contributed by atoms with Gasteiger partial charge < -0.3 is 9.64 Å². The molecule has 1 aromatic heterocycles. The van der Waals surface area contributed by atoms with E-state index in [0.717, 1.165) is 22.6 Å². The van der Waals surface area contributed by atoms with Crippen LogP contribution in [0, 0.1) is 0 Å².